The van der Waals surface area contributed by atoms with Crippen molar-refractivity contribution in [1.29, 1.82) is 0 Å². The first kappa shape index (κ1) is 19.7. The summed E-state index contributed by atoms with van der Waals surface area (Å²) in [6, 6.07) is 23.9. The van der Waals surface area contributed by atoms with E-state index in [2.05, 4.69) is 32.3 Å². The lowest BCUT2D eigenvalue weighted by Crippen LogP contribution is -2.47. The molecule has 0 aliphatic carbocycles. The maximum atomic E-state index is 12.1. The minimum absolute atomic E-state index is 0.103. The SMILES string of the molecule is O=[N+]([O-])c1c(Nc2cccc3ccccc23)ncnc1N1CCN(c2ccccc2)CC1. The van der Waals surface area contributed by atoms with Gasteiger partial charge in [-0.3, -0.25) is 10.1 Å². The molecule has 1 N–H and O–H groups in total. The van der Waals surface area contributed by atoms with Crippen LogP contribution in [-0.4, -0.2) is 41.1 Å². The number of aromatic nitrogens is 2. The minimum Gasteiger partial charge on any atom is -0.368 e. The molecule has 0 bridgehead atoms. The van der Waals surface area contributed by atoms with Crippen molar-refractivity contribution in [3.8, 4) is 0 Å². The van der Waals surface area contributed by atoms with Crippen LogP contribution >= 0.6 is 0 Å². The Hall–Kier alpha value is -4.20. The second-order valence-corrected chi connectivity index (χ2v) is 7.61. The number of anilines is 4. The van der Waals surface area contributed by atoms with E-state index in [0.717, 1.165) is 35.2 Å². The van der Waals surface area contributed by atoms with Gasteiger partial charge in [-0.05, 0) is 23.6 Å². The molecule has 0 spiro atoms. The van der Waals surface area contributed by atoms with Crippen molar-refractivity contribution >= 4 is 39.5 Å². The van der Waals surface area contributed by atoms with E-state index in [1.165, 1.54) is 6.33 Å². The monoisotopic (exact) mass is 426 g/mol. The highest BCUT2D eigenvalue weighted by Crippen LogP contribution is 2.35. The molecule has 1 saturated heterocycles. The largest absolute Gasteiger partial charge is 0.368 e. The van der Waals surface area contributed by atoms with Crippen LogP contribution < -0.4 is 15.1 Å². The van der Waals surface area contributed by atoms with Crippen molar-refractivity contribution < 1.29 is 4.92 Å². The third-order valence-corrected chi connectivity index (χ3v) is 5.73. The molecule has 0 radical (unpaired) electrons. The summed E-state index contributed by atoms with van der Waals surface area (Å²) in [7, 11) is 0. The molecule has 0 unspecified atom stereocenters. The van der Waals surface area contributed by atoms with Crippen molar-refractivity contribution in [2.45, 2.75) is 0 Å². The van der Waals surface area contributed by atoms with Crippen LogP contribution in [0.15, 0.2) is 79.1 Å². The Morgan fingerprint density at radius 2 is 1.50 bits per heavy atom. The quantitative estimate of drug-likeness (QED) is 0.368. The molecular formula is C24H22N6O2. The first-order valence-electron chi connectivity index (χ1n) is 10.5. The van der Waals surface area contributed by atoms with E-state index in [0.29, 0.717) is 18.9 Å². The predicted molar refractivity (Wildman–Crippen MR) is 127 cm³/mol. The van der Waals surface area contributed by atoms with Gasteiger partial charge >= 0.3 is 5.69 Å². The Bertz CT molecular complexity index is 1250. The Kier molecular flexibility index (Phi) is 5.25. The highest BCUT2D eigenvalue weighted by Gasteiger charge is 2.29. The molecule has 2 heterocycles. The van der Waals surface area contributed by atoms with Gasteiger partial charge in [0.05, 0.1) is 4.92 Å². The summed E-state index contributed by atoms with van der Waals surface area (Å²) in [5.41, 5.74) is 1.82. The molecule has 0 saturated carbocycles. The predicted octanol–water partition coefficient (Wildman–Crippen LogP) is 4.61. The number of hydrogen-bond acceptors (Lipinski definition) is 7. The van der Waals surface area contributed by atoms with Gasteiger partial charge in [0, 0.05) is 42.9 Å². The number of fused-ring (bicyclic) bond motifs is 1. The zero-order valence-electron chi connectivity index (χ0n) is 17.4. The van der Waals surface area contributed by atoms with Crippen LogP contribution in [0.2, 0.25) is 0 Å². The third-order valence-electron chi connectivity index (χ3n) is 5.73. The normalized spacial score (nSPS) is 13.9. The highest BCUT2D eigenvalue weighted by molar-refractivity contribution is 5.96. The first-order valence-corrected chi connectivity index (χ1v) is 10.5. The van der Waals surface area contributed by atoms with Gasteiger partial charge < -0.3 is 15.1 Å². The molecule has 8 nitrogen and oxygen atoms in total. The van der Waals surface area contributed by atoms with Crippen LogP contribution in [0.25, 0.3) is 10.8 Å². The van der Waals surface area contributed by atoms with Gasteiger partial charge in [-0.25, -0.2) is 9.97 Å². The number of benzene rings is 3. The van der Waals surface area contributed by atoms with E-state index in [-0.39, 0.29) is 11.5 Å². The van der Waals surface area contributed by atoms with E-state index < -0.39 is 4.92 Å². The van der Waals surface area contributed by atoms with Gasteiger partial charge in [0.1, 0.15) is 6.33 Å². The number of nitro groups is 1. The molecule has 3 aromatic carbocycles. The van der Waals surface area contributed by atoms with Gasteiger partial charge in [0.15, 0.2) is 0 Å². The number of nitrogens with zero attached hydrogens (tertiary/aromatic N) is 5. The number of nitrogens with one attached hydrogen (secondary N) is 1. The summed E-state index contributed by atoms with van der Waals surface area (Å²) >= 11 is 0. The number of rotatable bonds is 5. The van der Waals surface area contributed by atoms with Gasteiger partial charge in [0.2, 0.25) is 11.6 Å². The summed E-state index contributed by atoms with van der Waals surface area (Å²) in [5, 5.41) is 17.3. The van der Waals surface area contributed by atoms with Crippen molar-refractivity contribution in [2.24, 2.45) is 0 Å². The standard InChI is InChI=1S/C24H22N6O2/c31-30(32)22-23(27-21-12-6-8-18-7-4-5-11-20(18)21)25-17-26-24(22)29-15-13-28(14-16-29)19-9-2-1-3-10-19/h1-12,17H,13-16H2,(H,25,26,27). The van der Waals surface area contributed by atoms with Crippen LogP contribution in [0.3, 0.4) is 0 Å². The summed E-state index contributed by atoms with van der Waals surface area (Å²) in [5.74, 6) is 0.544. The van der Waals surface area contributed by atoms with Gasteiger partial charge in [0.25, 0.3) is 0 Å². The molecule has 5 rings (SSSR count). The van der Waals surface area contributed by atoms with Crippen molar-refractivity contribution in [1.82, 2.24) is 9.97 Å². The summed E-state index contributed by atoms with van der Waals surface area (Å²) in [4.78, 5) is 24.4. The average Bonchev–Trinajstić information content (AvgIpc) is 2.85. The maximum Gasteiger partial charge on any atom is 0.353 e. The minimum atomic E-state index is -0.396. The van der Waals surface area contributed by atoms with Crippen LogP contribution in [-0.2, 0) is 0 Å². The molecule has 8 heteroatoms. The summed E-state index contributed by atoms with van der Waals surface area (Å²) < 4.78 is 0. The fourth-order valence-corrected chi connectivity index (χ4v) is 4.14. The van der Waals surface area contributed by atoms with Crippen molar-refractivity contribution in [2.75, 3.05) is 41.3 Å². The Balaban J connectivity index is 1.43. The van der Waals surface area contributed by atoms with Crippen molar-refractivity contribution in [3.05, 3.63) is 89.2 Å². The molecule has 1 fully saturated rings. The third kappa shape index (κ3) is 3.78. The van der Waals surface area contributed by atoms with Crippen LogP contribution in [0.1, 0.15) is 0 Å². The Morgan fingerprint density at radius 1 is 0.812 bits per heavy atom. The summed E-state index contributed by atoms with van der Waals surface area (Å²) in [6.07, 6.45) is 1.39. The second-order valence-electron chi connectivity index (χ2n) is 7.61. The van der Waals surface area contributed by atoms with Gasteiger partial charge in [-0.15, -0.1) is 0 Å². The van der Waals surface area contributed by atoms with Gasteiger partial charge in [-0.1, -0.05) is 54.6 Å². The molecule has 1 aromatic heterocycles. The van der Waals surface area contributed by atoms with E-state index >= 15 is 0 Å². The average molecular weight is 426 g/mol. The fraction of sp³-hybridized carbons (Fsp3) is 0.167. The van der Waals surface area contributed by atoms with E-state index in [9.17, 15) is 10.1 Å². The number of hydrogen-bond donors (Lipinski definition) is 1. The van der Waals surface area contributed by atoms with Crippen molar-refractivity contribution in [3.63, 3.8) is 0 Å². The molecule has 160 valence electrons. The molecular weight excluding hydrogens is 404 g/mol. The van der Waals surface area contributed by atoms with Crippen LogP contribution in [0, 0.1) is 10.1 Å². The lowest BCUT2D eigenvalue weighted by Gasteiger charge is -2.36. The lowest BCUT2D eigenvalue weighted by atomic mass is 10.1. The van der Waals surface area contributed by atoms with Crippen LogP contribution in [0.4, 0.5) is 28.7 Å². The maximum absolute atomic E-state index is 12.1. The smallest absolute Gasteiger partial charge is 0.353 e. The van der Waals surface area contributed by atoms with E-state index in [1.807, 2.05) is 65.6 Å². The zero-order valence-corrected chi connectivity index (χ0v) is 17.4. The second kappa shape index (κ2) is 8.50. The fourth-order valence-electron chi connectivity index (χ4n) is 4.14. The van der Waals surface area contributed by atoms with Crippen LogP contribution in [0.5, 0.6) is 0 Å². The van der Waals surface area contributed by atoms with E-state index in [1.54, 1.807) is 0 Å². The lowest BCUT2D eigenvalue weighted by molar-refractivity contribution is -0.383. The summed E-state index contributed by atoms with van der Waals surface area (Å²) in [6.45, 7) is 2.80. The molecule has 32 heavy (non-hydrogen) atoms. The molecule has 1 aliphatic rings. The number of piperazine rings is 1. The first-order chi connectivity index (χ1) is 15.7. The highest BCUT2D eigenvalue weighted by atomic mass is 16.6. The van der Waals surface area contributed by atoms with E-state index in [4.69, 9.17) is 0 Å². The topological polar surface area (TPSA) is 87.4 Å². The Morgan fingerprint density at radius 3 is 2.28 bits per heavy atom. The number of para-hydroxylation sites is 1. The molecule has 1 aliphatic heterocycles. The molecule has 0 amide bonds. The van der Waals surface area contributed by atoms with Gasteiger partial charge in [-0.2, -0.15) is 0 Å². The Labute approximate surface area is 185 Å². The zero-order chi connectivity index (χ0) is 21.9. The molecule has 0 atom stereocenters. The molecule has 4 aromatic rings.